The highest BCUT2D eigenvalue weighted by molar-refractivity contribution is 7.89. The lowest BCUT2D eigenvalue weighted by atomic mass is 10.0. The van der Waals surface area contributed by atoms with Crippen LogP contribution in [0.15, 0.2) is 47.6 Å². The highest BCUT2D eigenvalue weighted by Crippen LogP contribution is 2.24. The fourth-order valence-electron chi connectivity index (χ4n) is 3.87. The van der Waals surface area contributed by atoms with Crippen molar-refractivity contribution in [3.05, 3.63) is 54.1 Å². The number of aryl methyl sites for hydroxylation is 1. The number of imidazole rings is 1. The summed E-state index contributed by atoms with van der Waals surface area (Å²) < 4.78 is 34.6. The number of aromatic nitrogens is 3. The summed E-state index contributed by atoms with van der Waals surface area (Å²) in [6, 6.07) is 6.64. The first-order valence-corrected chi connectivity index (χ1v) is 12.7. The van der Waals surface area contributed by atoms with E-state index in [1.165, 1.54) is 12.1 Å². The number of aliphatic carboxylic acids is 1. The van der Waals surface area contributed by atoms with E-state index in [1.54, 1.807) is 45.3 Å². The number of carbonyl (C=O) groups excluding carboxylic acids is 1. The zero-order chi connectivity index (χ0) is 25.8. The van der Waals surface area contributed by atoms with Gasteiger partial charge in [0, 0.05) is 12.7 Å². The van der Waals surface area contributed by atoms with Crippen molar-refractivity contribution in [2.24, 2.45) is 5.92 Å². The molecule has 1 aromatic carbocycles. The number of fused-ring (bicyclic) bond motifs is 1. The van der Waals surface area contributed by atoms with Gasteiger partial charge in [-0.25, -0.2) is 13.4 Å². The first-order chi connectivity index (χ1) is 16.5. The quantitative estimate of drug-likeness (QED) is 0.396. The van der Waals surface area contributed by atoms with E-state index in [-0.39, 0.29) is 23.8 Å². The van der Waals surface area contributed by atoms with Gasteiger partial charge in [-0.15, -0.1) is 0 Å². The molecule has 0 saturated carbocycles. The molecule has 188 valence electrons. The Morgan fingerprint density at radius 2 is 1.86 bits per heavy atom. The fourth-order valence-corrected chi connectivity index (χ4v) is 5.41. The van der Waals surface area contributed by atoms with Crippen LogP contribution in [0.5, 0.6) is 0 Å². The second-order valence-corrected chi connectivity index (χ2v) is 10.5. The lowest BCUT2D eigenvalue weighted by Crippen LogP contribution is -2.48. The second kappa shape index (κ2) is 11.0. The van der Waals surface area contributed by atoms with E-state index in [1.807, 2.05) is 17.6 Å². The van der Waals surface area contributed by atoms with Crippen LogP contribution in [0, 0.1) is 12.8 Å². The first-order valence-electron chi connectivity index (χ1n) is 11.3. The van der Waals surface area contributed by atoms with Crippen molar-refractivity contribution in [3.63, 3.8) is 0 Å². The van der Waals surface area contributed by atoms with Crippen LogP contribution >= 0.6 is 0 Å². The SMILES string of the molecule is CCOC(=O)CN([C@@H](CC(C)C)C(=O)O)S(=O)(=O)c1ccc(Cn2c(C)nc3cnccc32)cc1. The Morgan fingerprint density at radius 3 is 2.46 bits per heavy atom. The van der Waals surface area contributed by atoms with Crippen LogP contribution in [0.2, 0.25) is 0 Å². The third-order valence-corrected chi connectivity index (χ3v) is 7.40. The number of nitrogens with zero attached hydrogens (tertiary/aromatic N) is 4. The number of sulfonamides is 1. The zero-order valence-electron chi connectivity index (χ0n) is 20.2. The van der Waals surface area contributed by atoms with E-state index < -0.39 is 34.5 Å². The van der Waals surface area contributed by atoms with Crippen molar-refractivity contribution in [3.8, 4) is 0 Å². The molecule has 0 saturated heterocycles. The first kappa shape index (κ1) is 26.3. The van der Waals surface area contributed by atoms with E-state index in [0.29, 0.717) is 6.54 Å². The summed E-state index contributed by atoms with van der Waals surface area (Å²) in [5.41, 5.74) is 2.51. The van der Waals surface area contributed by atoms with Crippen LogP contribution in [0.4, 0.5) is 0 Å². The Hall–Kier alpha value is -3.31. The lowest BCUT2D eigenvalue weighted by Gasteiger charge is -2.28. The summed E-state index contributed by atoms with van der Waals surface area (Å²) in [6.07, 6.45) is 3.42. The van der Waals surface area contributed by atoms with Crippen molar-refractivity contribution < 1.29 is 27.9 Å². The van der Waals surface area contributed by atoms with Gasteiger partial charge in [0.25, 0.3) is 0 Å². The fraction of sp³-hybridized carbons (Fsp3) is 0.417. The number of carbonyl (C=O) groups is 2. The molecule has 0 amide bonds. The molecule has 1 N–H and O–H groups in total. The second-order valence-electron chi connectivity index (χ2n) is 8.59. The van der Waals surface area contributed by atoms with Crippen LogP contribution in [-0.2, 0) is 30.9 Å². The molecule has 10 nitrogen and oxygen atoms in total. The molecule has 2 aromatic heterocycles. The van der Waals surface area contributed by atoms with Crippen molar-refractivity contribution in [1.29, 1.82) is 0 Å². The molecule has 0 unspecified atom stereocenters. The van der Waals surface area contributed by atoms with Gasteiger partial charge >= 0.3 is 11.9 Å². The van der Waals surface area contributed by atoms with E-state index in [4.69, 9.17) is 4.74 Å². The van der Waals surface area contributed by atoms with Gasteiger partial charge in [0.2, 0.25) is 10.0 Å². The smallest absolute Gasteiger partial charge is 0.322 e. The molecule has 3 rings (SSSR count). The number of carboxylic acids is 1. The molecule has 2 heterocycles. The Labute approximate surface area is 204 Å². The topological polar surface area (TPSA) is 132 Å². The summed E-state index contributed by atoms with van der Waals surface area (Å²) in [6.45, 7) is 6.89. The monoisotopic (exact) mass is 502 g/mol. The maximum atomic E-state index is 13.5. The average molecular weight is 503 g/mol. The summed E-state index contributed by atoms with van der Waals surface area (Å²) in [4.78, 5) is 32.6. The minimum Gasteiger partial charge on any atom is -0.480 e. The molecule has 0 spiro atoms. The molecule has 3 aromatic rings. The molecular formula is C24H30N4O6S. The summed E-state index contributed by atoms with van der Waals surface area (Å²) in [7, 11) is -4.30. The third-order valence-electron chi connectivity index (χ3n) is 5.53. The molecule has 0 radical (unpaired) electrons. The van der Waals surface area contributed by atoms with Gasteiger partial charge < -0.3 is 14.4 Å². The van der Waals surface area contributed by atoms with Crippen molar-refractivity contribution in [2.45, 2.75) is 51.6 Å². The van der Waals surface area contributed by atoms with Crippen LogP contribution < -0.4 is 0 Å². The Balaban J connectivity index is 1.93. The van der Waals surface area contributed by atoms with Crippen molar-refractivity contribution >= 4 is 33.0 Å². The van der Waals surface area contributed by atoms with E-state index in [9.17, 15) is 23.1 Å². The standard InChI is InChI=1S/C24H30N4O6S/c1-5-34-23(29)15-28(22(24(30)31)12-16(2)3)35(32,33)19-8-6-18(7-9-19)14-27-17(4)26-20-13-25-11-10-21(20)27/h6-11,13,16,22H,5,12,14-15H2,1-4H3,(H,30,31)/t22-/m0/s1. The van der Waals surface area contributed by atoms with E-state index in [2.05, 4.69) is 9.97 Å². The van der Waals surface area contributed by atoms with Crippen LogP contribution in [0.3, 0.4) is 0 Å². The molecular weight excluding hydrogens is 472 g/mol. The predicted octanol–water partition coefficient (Wildman–Crippen LogP) is 2.84. The molecule has 35 heavy (non-hydrogen) atoms. The molecule has 0 fully saturated rings. The van der Waals surface area contributed by atoms with Crippen LogP contribution in [0.25, 0.3) is 11.0 Å². The van der Waals surface area contributed by atoms with Gasteiger partial charge in [0.15, 0.2) is 0 Å². The number of rotatable bonds is 11. The Morgan fingerprint density at radius 1 is 1.17 bits per heavy atom. The maximum absolute atomic E-state index is 13.5. The third kappa shape index (κ3) is 6.04. The van der Waals surface area contributed by atoms with Gasteiger partial charge in [-0.05, 0) is 49.9 Å². The summed E-state index contributed by atoms with van der Waals surface area (Å²) in [5.74, 6) is -1.44. The van der Waals surface area contributed by atoms with Gasteiger partial charge in [-0.2, -0.15) is 4.31 Å². The van der Waals surface area contributed by atoms with Crippen LogP contribution in [-0.4, -0.2) is 63.5 Å². The van der Waals surface area contributed by atoms with Crippen LogP contribution in [0.1, 0.15) is 38.6 Å². The number of carboxylic acid groups (broad SMARTS) is 1. The normalized spacial score (nSPS) is 12.9. The number of ether oxygens (including phenoxy) is 1. The average Bonchev–Trinajstić information content (AvgIpc) is 3.11. The summed E-state index contributed by atoms with van der Waals surface area (Å²) >= 11 is 0. The van der Waals surface area contributed by atoms with Gasteiger partial charge in [0.05, 0.1) is 23.2 Å². The highest BCUT2D eigenvalue weighted by atomic mass is 32.2. The predicted molar refractivity (Wildman–Crippen MR) is 129 cm³/mol. The lowest BCUT2D eigenvalue weighted by molar-refractivity contribution is -0.146. The molecule has 0 aliphatic rings. The molecule has 0 bridgehead atoms. The van der Waals surface area contributed by atoms with Gasteiger partial charge in [-0.3, -0.25) is 14.6 Å². The van der Waals surface area contributed by atoms with Crippen molar-refractivity contribution in [2.75, 3.05) is 13.2 Å². The van der Waals surface area contributed by atoms with E-state index in [0.717, 1.165) is 26.7 Å². The summed E-state index contributed by atoms with van der Waals surface area (Å²) in [5, 5.41) is 9.77. The van der Waals surface area contributed by atoms with Gasteiger partial charge in [0.1, 0.15) is 23.9 Å². The van der Waals surface area contributed by atoms with Gasteiger partial charge in [-0.1, -0.05) is 26.0 Å². The number of hydrogen-bond donors (Lipinski definition) is 1. The molecule has 11 heteroatoms. The molecule has 0 aliphatic carbocycles. The number of esters is 1. The number of hydrogen-bond acceptors (Lipinski definition) is 7. The minimum atomic E-state index is -4.30. The van der Waals surface area contributed by atoms with Crippen molar-refractivity contribution in [1.82, 2.24) is 18.8 Å². The minimum absolute atomic E-state index is 0.0495. The largest absolute Gasteiger partial charge is 0.480 e. The highest BCUT2D eigenvalue weighted by Gasteiger charge is 2.38. The Bertz CT molecular complexity index is 1300. The Kier molecular flexibility index (Phi) is 8.23. The molecule has 1 atom stereocenters. The number of pyridine rings is 1. The maximum Gasteiger partial charge on any atom is 0.322 e. The zero-order valence-corrected chi connectivity index (χ0v) is 21.0. The number of benzene rings is 1. The molecule has 0 aliphatic heterocycles. The van der Waals surface area contributed by atoms with E-state index >= 15 is 0 Å².